The standard InChI is InChI=1S/C14H19N3S/c1-3-5-12-13(8-15)18-14(17-12)11-6-7-16-9-10(11)4-2/h6-7,9H,3-5,8,15H2,1-2H3. The fourth-order valence-corrected chi connectivity index (χ4v) is 3.05. The molecule has 0 aliphatic rings. The van der Waals surface area contributed by atoms with Crippen LogP contribution in [0, 0.1) is 0 Å². The zero-order valence-electron chi connectivity index (χ0n) is 10.9. The summed E-state index contributed by atoms with van der Waals surface area (Å²) in [7, 11) is 0. The van der Waals surface area contributed by atoms with E-state index in [1.54, 1.807) is 11.3 Å². The molecule has 0 bridgehead atoms. The normalized spacial score (nSPS) is 10.8. The van der Waals surface area contributed by atoms with Gasteiger partial charge >= 0.3 is 0 Å². The van der Waals surface area contributed by atoms with Gasteiger partial charge in [0.05, 0.1) is 5.69 Å². The average Bonchev–Trinajstić information content (AvgIpc) is 2.82. The van der Waals surface area contributed by atoms with Gasteiger partial charge in [-0.1, -0.05) is 20.3 Å². The molecule has 0 saturated heterocycles. The molecule has 0 fully saturated rings. The Morgan fingerprint density at radius 1 is 1.33 bits per heavy atom. The van der Waals surface area contributed by atoms with Crippen molar-refractivity contribution in [3.8, 4) is 10.6 Å². The van der Waals surface area contributed by atoms with Gasteiger partial charge in [0.25, 0.3) is 0 Å². The van der Waals surface area contributed by atoms with Crippen molar-refractivity contribution >= 4 is 11.3 Å². The lowest BCUT2D eigenvalue weighted by Crippen LogP contribution is -1.97. The monoisotopic (exact) mass is 261 g/mol. The van der Waals surface area contributed by atoms with Crippen LogP contribution in [-0.2, 0) is 19.4 Å². The van der Waals surface area contributed by atoms with Crippen LogP contribution < -0.4 is 5.73 Å². The number of rotatable bonds is 5. The molecule has 0 aliphatic carbocycles. The molecular formula is C14H19N3S. The first-order valence-electron chi connectivity index (χ1n) is 6.42. The molecule has 0 aromatic carbocycles. The number of thiazole rings is 1. The Hall–Kier alpha value is -1.26. The average molecular weight is 261 g/mol. The van der Waals surface area contributed by atoms with Crippen molar-refractivity contribution in [3.63, 3.8) is 0 Å². The minimum atomic E-state index is 0.583. The van der Waals surface area contributed by atoms with Crippen molar-refractivity contribution in [1.29, 1.82) is 0 Å². The van der Waals surface area contributed by atoms with Gasteiger partial charge in [0.2, 0.25) is 0 Å². The highest BCUT2D eigenvalue weighted by Crippen LogP contribution is 2.30. The molecule has 18 heavy (non-hydrogen) atoms. The second kappa shape index (κ2) is 6.07. The van der Waals surface area contributed by atoms with Crippen LogP contribution in [0.25, 0.3) is 10.6 Å². The topological polar surface area (TPSA) is 51.8 Å². The van der Waals surface area contributed by atoms with Crippen molar-refractivity contribution in [3.05, 3.63) is 34.6 Å². The maximum absolute atomic E-state index is 5.80. The number of nitrogens with zero attached hydrogens (tertiary/aromatic N) is 2. The minimum Gasteiger partial charge on any atom is -0.326 e. The Labute approximate surface area is 112 Å². The fraction of sp³-hybridized carbons (Fsp3) is 0.429. The van der Waals surface area contributed by atoms with E-state index in [-0.39, 0.29) is 0 Å². The van der Waals surface area contributed by atoms with Crippen LogP contribution in [0.2, 0.25) is 0 Å². The van der Waals surface area contributed by atoms with Gasteiger partial charge in [-0.3, -0.25) is 4.98 Å². The first kappa shape index (κ1) is 13.2. The number of aryl methyl sites for hydroxylation is 2. The van der Waals surface area contributed by atoms with Gasteiger partial charge in [-0.05, 0) is 24.5 Å². The molecule has 96 valence electrons. The molecule has 2 aromatic rings. The summed E-state index contributed by atoms with van der Waals surface area (Å²) < 4.78 is 0. The first-order valence-corrected chi connectivity index (χ1v) is 7.23. The molecule has 0 saturated carbocycles. The van der Waals surface area contributed by atoms with E-state index in [1.807, 2.05) is 18.5 Å². The highest BCUT2D eigenvalue weighted by Gasteiger charge is 2.13. The summed E-state index contributed by atoms with van der Waals surface area (Å²) in [4.78, 5) is 10.2. The van der Waals surface area contributed by atoms with Gasteiger partial charge in [-0.25, -0.2) is 4.98 Å². The third kappa shape index (κ3) is 2.60. The molecule has 2 N–H and O–H groups in total. The van der Waals surface area contributed by atoms with Gasteiger partial charge in [-0.15, -0.1) is 11.3 Å². The number of hydrogen-bond acceptors (Lipinski definition) is 4. The summed E-state index contributed by atoms with van der Waals surface area (Å²) in [6.07, 6.45) is 6.85. The first-order chi connectivity index (χ1) is 8.80. The lowest BCUT2D eigenvalue weighted by molar-refractivity contribution is 0.871. The molecule has 0 unspecified atom stereocenters. The van der Waals surface area contributed by atoms with E-state index < -0.39 is 0 Å². The lowest BCUT2D eigenvalue weighted by atomic mass is 10.1. The van der Waals surface area contributed by atoms with Gasteiger partial charge in [0.1, 0.15) is 5.01 Å². The Balaban J connectivity index is 2.44. The van der Waals surface area contributed by atoms with Crippen molar-refractivity contribution in [2.45, 2.75) is 39.7 Å². The zero-order valence-corrected chi connectivity index (χ0v) is 11.8. The second-order valence-electron chi connectivity index (χ2n) is 4.23. The van der Waals surface area contributed by atoms with Crippen LogP contribution in [-0.4, -0.2) is 9.97 Å². The molecule has 2 rings (SSSR count). The van der Waals surface area contributed by atoms with Crippen LogP contribution in [0.15, 0.2) is 18.5 Å². The number of aromatic nitrogens is 2. The van der Waals surface area contributed by atoms with Crippen molar-refractivity contribution in [1.82, 2.24) is 9.97 Å². The molecular weight excluding hydrogens is 242 g/mol. The molecule has 0 aliphatic heterocycles. The quantitative estimate of drug-likeness (QED) is 0.899. The number of hydrogen-bond donors (Lipinski definition) is 1. The van der Waals surface area contributed by atoms with Crippen LogP contribution in [0.3, 0.4) is 0 Å². The maximum atomic E-state index is 5.80. The van der Waals surface area contributed by atoms with Crippen LogP contribution in [0.5, 0.6) is 0 Å². The molecule has 4 heteroatoms. The van der Waals surface area contributed by atoms with E-state index in [0.29, 0.717) is 6.54 Å². The summed E-state index contributed by atoms with van der Waals surface area (Å²) in [6, 6.07) is 2.05. The van der Waals surface area contributed by atoms with Gasteiger partial charge < -0.3 is 5.73 Å². The maximum Gasteiger partial charge on any atom is 0.124 e. The summed E-state index contributed by atoms with van der Waals surface area (Å²) in [6.45, 7) is 4.90. The molecule has 3 nitrogen and oxygen atoms in total. The highest BCUT2D eigenvalue weighted by molar-refractivity contribution is 7.15. The third-order valence-electron chi connectivity index (χ3n) is 2.97. The van der Waals surface area contributed by atoms with E-state index in [1.165, 1.54) is 21.7 Å². The van der Waals surface area contributed by atoms with Crippen LogP contribution >= 0.6 is 11.3 Å². The second-order valence-corrected chi connectivity index (χ2v) is 5.31. The molecule has 0 spiro atoms. The van der Waals surface area contributed by atoms with Crippen molar-refractivity contribution < 1.29 is 0 Å². The van der Waals surface area contributed by atoms with Crippen molar-refractivity contribution in [2.75, 3.05) is 0 Å². The highest BCUT2D eigenvalue weighted by atomic mass is 32.1. The molecule has 0 amide bonds. The van der Waals surface area contributed by atoms with Crippen LogP contribution in [0.4, 0.5) is 0 Å². The van der Waals surface area contributed by atoms with Gasteiger partial charge in [0.15, 0.2) is 0 Å². The van der Waals surface area contributed by atoms with E-state index in [2.05, 4.69) is 18.8 Å². The van der Waals surface area contributed by atoms with Crippen LogP contribution in [0.1, 0.15) is 36.4 Å². The third-order valence-corrected chi connectivity index (χ3v) is 4.12. The van der Waals surface area contributed by atoms with Gasteiger partial charge in [-0.2, -0.15) is 0 Å². The summed E-state index contributed by atoms with van der Waals surface area (Å²) in [5.41, 5.74) is 9.42. The largest absolute Gasteiger partial charge is 0.326 e. The Kier molecular flexibility index (Phi) is 4.44. The number of pyridine rings is 1. The molecule has 0 atom stereocenters. The number of nitrogens with two attached hydrogens (primary N) is 1. The van der Waals surface area contributed by atoms with Gasteiger partial charge in [0, 0.05) is 29.4 Å². The van der Waals surface area contributed by atoms with E-state index in [0.717, 1.165) is 24.3 Å². The molecule has 0 radical (unpaired) electrons. The smallest absolute Gasteiger partial charge is 0.124 e. The lowest BCUT2D eigenvalue weighted by Gasteiger charge is -2.02. The summed E-state index contributed by atoms with van der Waals surface area (Å²) >= 11 is 1.72. The minimum absolute atomic E-state index is 0.583. The molecule has 2 heterocycles. The Bertz CT molecular complexity index is 520. The zero-order chi connectivity index (χ0) is 13.0. The summed E-state index contributed by atoms with van der Waals surface area (Å²) in [5, 5.41) is 1.08. The van der Waals surface area contributed by atoms with E-state index >= 15 is 0 Å². The van der Waals surface area contributed by atoms with Crippen molar-refractivity contribution in [2.24, 2.45) is 5.73 Å². The van der Waals surface area contributed by atoms with E-state index in [4.69, 9.17) is 10.7 Å². The Morgan fingerprint density at radius 2 is 2.17 bits per heavy atom. The fourth-order valence-electron chi connectivity index (χ4n) is 2.01. The molecule has 2 aromatic heterocycles. The van der Waals surface area contributed by atoms with E-state index in [9.17, 15) is 0 Å². The summed E-state index contributed by atoms with van der Waals surface area (Å²) in [5.74, 6) is 0. The predicted molar refractivity (Wildman–Crippen MR) is 76.6 cm³/mol. The SMILES string of the molecule is CCCc1nc(-c2ccncc2CC)sc1CN. The predicted octanol–water partition coefficient (Wildman–Crippen LogP) is 3.18. The Morgan fingerprint density at radius 3 is 2.83 bits per heavy atom.